The monoisotopic (exact) mass is 1040 g/mol. The molecule has 0 fully saturated rings. The van der Waals surface area contributed by atoms with Gasteiger partial charge in [-0.05, 0) is 51.6 Å². The highest BCUT2D eigenvalue weighted by Crippen LogP contribution is 2.23. The van der Waals surface area contributed by atoms with E-state index < -0.39 is 56.4 Å². The summed E-state index contributed by atoms with van der Waals surface area (Å²) in [6.07, 6.45) is 20.4. The molecule has 0 aliphatic rings. The fourth-order valence-corrected chi connectivity index (χ4v) is 12.1. The molecule has 4 N–H and O–H groups in total. The molecule has 0 heterocycles. The van der Waals surface area contributed by atoms with Gasteiger partial charge in [0, 0.05) is 69.8 Å². The van der Waals surface area contributed by atoms with Crippen molar-refractivity contribution in [1.29, 1.82) is 0 Å². The normalized spacial score (nSPS) is 13.3. The molecule has 404 valence electrons. The molecule has 0 saturated heterocycles. The van der Waals surface area contributed by atoms with Crippen molar-refractivity contribution in [3.05, 3.63) is 0 Å². The van der Waals surface area contributed by atoms with E-state index in [0.29, 0.717) is 12.5 Å². The van der Waals surface area contributed by atoms with Gasteiger partial charge in [0.05, 0.1) is 92.3 Å². The van der Waals surface area contributed by atoms with Crippen LogP contribution in [0.2, 0.25) is 6.04 Å². The Morgan fingerprint density at radius 1 is 0.448 bits per heavy atom. The zero-order valence-electron chi connectivity index (χ0n) is 41.8. The molecule has 0 radical (unpaired) electrons. The second-order valence-corrected chi connectivity index (χ2v) is 25.6. The minimum Gasteiger partial charge on any atom is -0.748 e. The van der Waals surface area contributed by atoms with E-state index in [-0.39, 0.29) is 111 Å². The average molecular weight is 1040 g/mol. The van der Waals surface area contributed by atoms with E-state index in [1.807, 2.05) is 0 Å². The van der Waals surface area contributed by atoms with Crippen molar-refractivity contribution < 1.29 is 72.0 Å². The van der Waals surface area contributed by atoms with E-state index in [9.17, 15) is 54.2 Å². The fraction of sp³-hybridized carbons (Fsp3) is 1.00. The van der Waals surface area contributed by atoms with E-state index in [1.165, 1.54) is 89.9 Å². The zero-order valence-corrected chi connectivity index (χ0v) is 45.2. The molecule has 0 spiro atoms. The Bertz CT molecular complexity index is 1430. The molecule has 67 heavy (non-hydrogen) atoms. The lowest BCUT2D eigenvalue weighted by Gasteiger charge is -2.37. The van der Waals surface area contributed by atoms with Crippen LogP contribution in [0.3, 0.4) is 0 Å². The topological polar surface area (TPSA) is 267 Å². The number of rotatable bonds is 51. The third kappa shape index (κ3) is 41.8. The third-order valence-electron chi connectivity index (χ3n) is 12.1. The molecule has 0 bridgehead atoms. The van der Waals surface area contributed by atoms with Gasteiger partial charge in [0.1, 0.15) is 0 Å². The van der Waals surface area contributed by atoms with E-state index in [1.54, 1.807) is 14.7 Å². The maximum absolute atomic E-state index is 11.6. The Labute approximate surface area is 408 Å². The summed E-state index contributed by atoms with van der Waals surface area (Å²) in [5, 5.41) is 29.3. The maximum atomic E-state index is 11.6. The molecule has 0 aromatic rings. The smallest absolute Gasteiger partial charge is 0.501 e. The zero-order chi connectivity index (χ0) is 50.3. The number of nitrogens with zero attached hydrogens (tertiary/aromatic N) is 4. The van der Waals surface area contributed by atoms with Crippen molar-refractivity contribution in [2.75, 3.05) is 142 Å². The highest BCUT2D eigenvalue weighted by Gasteiger charge is 2.42. The lowest BCUT2D eigenvalue weighted by atomic mass is 10.1. The Morgan fingerprint density at radius 3 is 1.10 bits per heavy atom. The van der Waals surface area contributed by atoms with Crippen LogP contribution in [0, 0.1) is 0 Å². The first kappa shape index (κ1) is 66.5. The predicted octanol–water partition coefficient (Wildman–Crippen LogP) is 3.73. The number of unbranched alkanes of at least 4 members (excludes halogenated alkanes) is 14. The van der Waals surface area contributed by atoms with Gasteiger partial charge in [0.15, 0.2) is 0 Å². The number of hydrogen-bond donors (Lipinski definition) is 4. The molecule has 0 aliphatic heterocycles. The van der Waals surface area contributed by atoms with Gasteiger partial charge in [-0.25, -0.2) is 16.8 Å². The Kier molecular flexibility index (Phi) is 39.8. The summed E-state index contributed by atoms with van der Waals surface area (Å²) < 4.78 is 122. The molecule has 0 aromatic carbocycles. The SMILES string of the molecule is CCCCCCCCCC[N+](C)(CCCCCCCCCC)CCC[Si](OCCN(CCO)CCCS(=O)(=O)[O-])(OCCN(CCO)CCCS(=O)(=O)[O-])OCCN(CCO)CCS(=O)(=O)O. The highest BCUT2D eigenvalue weighted by atomic mass is 32.2. The summed E-state index contributed by atoms with van der Waals surface area (Å²) in [7, 11) is -14.5. The second kappa shape index (κ2) is 40.1. The van der Waals surface area contributed by atoms with Crippen LogP contribution in [0.25, 0.3) is 0 Å². The predicted molar refractivity (Wildman–Crippen MR) is 264 cm³/mol. The summed E-state index contributed by atoms with van der Waals surface area (Å²) >= 11 is 0. The second-order valence-electron chi connectivity index (χ2n) is 18.3. The highest BCUT2D eigenvalue weighted by molar-refractivity contribution is 7.86. The fourth-order valence-electron chi connectivity index (χ4n) is 8.20. The van der Waals surface area contributed by atoms with Crippen LogP contribution in [0.4, 0.5) is 0 Å². The van der Waals surface area contributed by atoms with E-state index in [2.05, 4.69) is 20.9 Å². The minimum atomic E-state index is -4.43. The lowest BCUT2D eigenvalue weighted by molar-refractivity contribution is -0.910. The van der Waals surface area contributed by atoms with Crippen LogP contribution in [-0.2, 0) is 43.6 Å². The largest absolute Gasteiger partial charge is 0.748 e. The first-order valence-corrected chi connectivity index (χ1v) is 32.0. The minimum absolute atomic E-state index is 0.0176. The molecule has 0 saturated carbocycles. The molecule has 0 aliphatic carbocycles. The average Bonchev–Trinajstić information content (AvgIpc) is 3.23. The van der Waals surface area contributed by atoms with Gasteiger partial charge in [-0.3, -0.25) is 19.3 Å². The van der Waals surface area contributed by atoms with Gasteiger partial charge in [-0.2, -0.15) is 8.42 Å². The standard InChI is InChI=1S/C44H96N4O15S3Si/c1-4-6-8-10-12-14-16-18-32-48(3,33-19-17-15-13-11-9-7-5-2)34-22-44-67(63-40-30-47(27-37-51)31-43-66(58,59)60,61-38-28-45(25-35-49)23-20-41-64(52,53)54)62-39-29-46(26-36-50)24-21-42-65(55,56)57/h49-51H,4-44H2,1-3H3,(H2-,52,53,54,55,56,57,58,59,60)/p-1. The Morgan fingerprint density at radius 2 is 0.776 bits per heavy atom. The van der Waals surface area contributed by atoms with Gasteiger partial charge in [-0.1, -0.05) is 90.9 Å². The van der Waals surface area contributed by atoms with Crippen LogP contribution in [0.1, 0.15) is 136 Å². The van der Waals surface area contributed by atoms with Gasteiger partial charge >= 0.3 is 8.80 Å². The molecule has 0 rings (SSSR count). The third-order valence-corrected chi connectivity index (χ3v) is 17.3. The summed E-state index contributed by atoms with van der Waals surface area (Å²) in [4.78, 5) is 5.23. The van der Waals surface area contributed by atoms with E-state index in [4.69, 9.17) is 13.3 Å². The molecule has 19 nitrogen and oxygen atoms in total. The summed E-state index contributed by atoms with van der Waals surface area (Å²) in [5.74, 6) is -1.65. The lowest BCUT2D eigenvalue weighted by Crippen LogP contribution is -2.52. The number of aliphatic hydroxyl groups excluding tert-OH is 3. The van der Waals surface area contributed by atoms with Crippen molar-refractivity contribution in [3.63, 3.8) is 0 Å². The van der Waals surface area contributed by atoms with Gasteiger partial charge in [0.25, 0.3) is 10.1 Å². The number of quaternary nitrogens is 1. The molecule has 0 atom stereocenters. The quantitative estimate of drug-likeness (QED) is 0.0293. The molecular weight excluding hydrogens is 949 g/mol. The van der Waals surface area contributed by atoms with Crippen molar-refractivity contribution in [3.8, 4) is 0 Å². The Hall–Kier alpha value is -0.453. The molecule has 0 unspecified atom stereocenters. The van der Waals surface area contributed by atoms with Gasteiger partial charge < -0.3 is 42.2 Å². The maximum Gasteiger partial charge on any atom is 0.501 e. The van der Waals surface area contributed by atoms with Crippen LogP contribution in [0.15, 0.2) is 0 Å². The molecular formula is C44H95N4O15S3Si-. The summed E-state index contributed by atoms with van der Waals surface area (Å²) in [5.41, 5.74) is 0. The van der Waals surface area contributed by atoms with Crippen molar-refractivity contribution >= 4 is 39.2 Å². The van der Waals surface area contributed by atoms with Crippen molar-refractivity contribution in [1.82, 2.24) is 14.7 Å². The van der Waals surface area contributed by atoms with Crippen LogP contribution in [0.5, 0.6) is 0 Å². The Balaban J connectivity index is 6.61. The molecule has 23 heteroatoms. The van der Waals surface area contributed by atoms with Crippen LogP contribution >= 0.6 is 0 Å². The van der Waals surface area contributed by atoms with Crippen LogP contribution in [-0.4, -0.2) is 225 Å². The number of aliphatic hydroxyl groups is 3. The van der Waals surface area contributed by atoms with E-state index >= 15 is 0 Å². The van der Waals surface area contributed by atoms with Crippen molar-refractivity contribution in [2.24, 2.45) is 0 Å². The first-order chi connectivity index (χ1) is 31.7. The van der Waals surface area contributed by atoms with Gasteiger partial charge in [0.2, 0.25) is 0 Å². The summed E-state index contributed by atoms with van der Waals surface area (Å²) in [6, 6.07) is 0.392. The molecule has 0 aromatic heterocycles. The first-order valence-electron chi connectivity index (χ1n) is 25.3. The number of hydrogen-bond acceptors (Lipinski definition) is 17. The van der Waals surface area contributed by atoms with Crippen molar-refractivity contribution in [2.45, 2.75) is 142 Å². The van der Waals surface area contributed by atoms with E-state index in [0.717, 1.165) is 37.0 Å². The van der Waals surface area contributed by atoms with Gasteiger partial charge in [-0.15, -0.1) is 0 Å². The molecule has 0 amide bonds. The van der Waals surface area contributed by atoms with Crippen LogP contribution < -0.4 is 0 Å². The summed E-state index contributed by atoms with van der Waals surface area (Å²) in [6.45, 7) is 8.31.